The van der Waals surface area contributed by atoms with E-state index >= 15 is 0 Å². The van der Waals surface area contributed by atoms with Crippen molar-refractivity contribution < 1.29 is 9.84 Å². The van der Waals surface area contributed by atoms with Crippen molar-refractivity contribution in [1.29, 1.82) is 0 Å². The minimum absolute atomic E-state index is 0.0340. The van der Waals surface area contributed by atoms with E-state index in [0.717, 1.165) is 11.1 Å². The molecular formula is C11H17NO2. The minimum Gasteiger partial charge on any atom is -0.504 e. The van der Waals surface area contributed by atoms with Gasteiger partial charge in [-0.25, -0.2) is 0 Å². The Morgan fingerprint density at radius 1 is 1.50 bits per heavy atom. The van der Waals surface area contributed by atoms with Crippen LogP contribution in [0.1, 0.15) is 18.1 Å². The van der Waals surface area contributed by atoms with Crippen molar-refractivity contribution in [1.82, 2.24) is 0 Å². The molecule has 0 aliphatic heterocycles. The SMILES string of the molecule is COc1ccc(C)c(CC(C)N)c1O. The maximum atomic E-state index is 9.84. The van der Waals surface area contributed by atoms with E-state index in [1.54, 1.807) is 13.2 Å². The molecule has 0 saturated carbocycles. The highest BCUT2D eigenvalue weighted by Gasteiger charge is 2.11. The van der Waals surface area contributed by atoms with E-state index in [-0.39, 0.29) is 11.8 Å². The average Bonchev–Trinajstić information content (AvgIpc) is 2.12. The second kappa shape index (κ2) is 4.33. The smallest absolute Gasteiger partial charge is 0.161 e. The van der Waals surface area contributed by atoms with Crippen LogP contribution in [-0.2, 0) is 6.42 Å². The molecule has 0 aliphatic carbocycles. The highest BCUT2D eigenvalue weighted by atomic mass is 16.5. The highest BCUT2D eigenvalue weighted by molar-refractivity contribution is 5.49. The van der Waals surface area contributed by atoms with Crippen molar-refractivity contribution >= 4 is 0 Å². The number of hydrogen-bond acceptors (Lipinski definition) is 3. The molecule has 0 aromatic heterocycles. The lowest BCUT2D eigenvalue weighted by Crippen LogP contribution is -2.18. The first-order valence-corrected chi connectivity index (χ1v) is 4.67. The Balaban J connectivity index is 3.11. The van der Waals surface area contributed by atoms with E-state index in [4.69, 9.17) is 10.5 Å². The molecule has 3 heteroatoms. The number of phenolic OH excluding ortho intramolecular Hbond substituents is 1. The highest BCUT2D eigenvalue weighted by Crippen LogP contribution is 2.32. The van der Waals surface area contributed by atoms with Crippen molar-refractivity contribution in [3.8, 4) is 11.5 Å². The molecule has 1 rings (SSSR count). The third-order valence-corrected chi connectivity index (χ3v) is 2.23. The van der Waals surface area contributed by atoms with E-state index < -0.39 is 0 Å². The van der Waals surface area contributed by atoms with E-state index in [2.05, 4.69) is 0 Å². The first-order valence-electron chi connectivity index (χ1n) is 4.67. The van der Waals surface area contributed by atoms with E-state index in [9.17, 15) is 5.11 Å². The molecule has 0 fully saturated rings. The lowest BCUT2D eigenvalue weighted by atomic mass is 10.0. The molecule has 1 atom stereocenters. The summed E-state index contributed by atoms with van der Waals surface area (Å²) in [5.41, 5.74) is 7.62. The van der Waals surface area contributed by atoms with Crippen LogP contribution in [0.15, 0.2) is 12.1 Å². The monoisotopic (exact) mass is 195 g/mol. The van der Waals surface area contributed by atoms with Gasteiger partial charge < -0.3 is 15.6 Å². The molecule has 1 aromatic carbocycles. The number of methoxy groups -OCH3 is 1. The van der Waals surface area contributed by atoms with Crippen LogP contribution in [0.4, 0.5) is 0 Å². The number of aryl methyl sites for hydroxylation is 1. The zero-order valence-corrected chi connectivity index (χ0v) is 8.87. The number of rotatable bonds is 3. The van der Waals surface area contributed by atoms with Gasteiger partial charge in [0.2, 0.25) is 0 Å². The molecule has 1 aromatic rings. The van der Waals surface area contributed by atoms with Crippen LogP contribution in [0.3, 0.4) is 0 Å². The quantitative estimate of drug-likeness (QED) is 0.770. The first kappa shape index (κ1) is 10.9. The molecule has 3 N–H and O–H groups in total. The van der Waals surface area contributed by atoms with Crippen molar-refractivity contribution in [2.75, 3.05) is 7.11 Å². The Morgan fingerprint density at radius 2 is 2.14 bits per heavy atom. The molecule has 1 unspecified atom stereocenters. The van der Waals surface area contributed by atoms with Gasteiger partial charge in [-0.2, -0.15) is 0 Å². The maximum Gasteiger partial charge on any atom is 0.161 e. The fourth-order valence-electron chi connectivity index (χ4n) is 1.46. The number of ether oxygens (including phenoxy) is 1. The van der Waals surface area contributed by atoms with Gasteiger partial charge in [-0.05, 0) is 31.9 Å². The number of nitrogens with two attached hydrogens (primary N) is 1. The first-order chi connectivity index (χ1) is 6.56. The van der Waals surface area contributed by atoms with Gasteiger partial charge in [0.1, 0.15) is 0 Å². The van der Waals surface area contributed by atoms with Gasteiger partial charge in [0.15, 0.2) is 11.5 Å². The molecule has 0 bridgehead atoms. The van der Waals surface area contributed by atoms with Gasteiger partial charge in [0.25, 0.3) is 0 Å². The topological polar surface area (TPSA) is 55.5 Å². The second-order valence-electron chi connectivity index (χ2n) is 3.59. The Hall–Kier alpha value is -1.22. The molecule has 0 aliphatic rings. The van der Waals surface area contributed by atoms with Gasteiger partial charge in [-0.1, -0.05) is 6.07 Å². The lowest BCUT2D eigenvalue weighted by molar-refractivity contribution is 0.369. The number of hydrogen-bond donors (Lipinski definition) is 2. The third-order valence-electron chi connectivity index (χ3n) is 2.23. The minimum atomic E-state index is 0.0340. The Kier molecular flexibility index (Phi) is 3.36. The standard InChI is InChI=1S/C11H17NO2/c1-7-4-5-10(14-3)11(13)9(7)6-8(2)12/h4-5,8,13H,6,12H2,1-3H3. The zero-order valence-electron chi connectivity index (χ0n) is 8.87. The summed E-state index contributed by atoms with van der Waals surface area (Å²) in [7, 11) is 1.54. The molecule has 14 heavy (non-hydrogen) atoms. The van der Waals surface area contributed by atoms with Crippen LogP contribution in [0.5, 0.6) is 11.5 Å². The predicted octanol–water partition coefficient (Wildman–Crippen LogP) is 1.60. The van der Waals surface area contributed by atoms with Crippen LogP contribution < -0.4 is 10.5 Å². The summed E-state index contributed by atoms with van der Waals surface area (Å²) in [5, 5.41) is 9.84. The number of phenols is 1. The summed E-state index contributed by atoms with van der Waals surface area (Å²) in [6.45, 7) is 3.87. The van der Waals surface area contributed by atoms with Crippen molar-refractivity contribution in [2.24, 2.45) is 5.73 Å². The van der Waals surface area contributed by atoms with Gasteiger partial charge in [0.05, 0.1) is 7.11 Å². The summed E-state index contributed by atoms with van der Waals surface area (Å²) in [5.74, 6) is 0.719. The third kappa shape index (κ3) is 2.17. The van der Waals surface area contributed by atoms with Gasteiger partial charge in [-0.15, -0.1) is 0 Å². The summed E-state index contributed by atoms with van der Waals surface area (Å²) >= 11 is 0. The summed E-state index contributed by atoms with van der Waals surface area (Å²) in [6, 6.07) is 3.72. The number of benzene rings is 1. The van der Waals surface area contributed by atoms with Gasteiger partial charge in [0, 0.05) is 11.6 Å². The molecule has 0 saturated heterocycles. The van der Waals surface area contributed by atoms with Crippen molar-refractivity contribution in [2.45, 2.75) is 26.3 Å². The summed E-state index contributed by atoms with van der Waals surface area (Å²) in [6.07, 6.45) is 0.662. The zero-order chi connectivity index (χ0) is 10.7. The van der Waals surface area contributed by atoms with Crippen molar-refractivity contribution in [3.05, 3.63) is 23.3 Å². The van der Waals surface area contributed by atoms with Crippen LogP contribution in [0.25, 0.3) is 0 Å². The lowest BCUT2D eigenvalue weighted by Gasteiger charge is -2.13. The fourth-order valence-corrected chi connectivity index (χ4v) is 1.46. The second-order valence-corrected chi connectivity index (χ2v) is 3.59. The Morgan fingerprint density at radius 3 is 2.64 bits per heavy atom. The van der Waals surface area contributed by atoms with Crippen LogP contribution in [0.2, 0.25) is 0 Å². The molecular weight excluding hydrogens is 178 g/mol. The largest absolute Gasteiger partial charge is 0.504 e. The van der Waals surface area contributed by atoms with E-state index in [1.807, 2.05) is 19.9 Å². The Bertz CT molecular complexity index is 321. The predicted molar refractivity (Wildman–Crippen MR) is 56.7 cm³/mol. The maximum absolute atomic E-state index is 9.84. The van der Waals surface area contributed by atoms with Gasteiger partial charge in [-0.3, -0.25) is 0 Å². The molecule has 0 spiro atoms. The summed E-state index contributed by atoms with van der Waals surface area (Å²) < 4.78 is 5.03. The summed E-state index contributed by atoms with van der Waals surface area (Å²) in [4.78, 5) is 0. The number of aromatic hydroxyl groups is 1. The van der Waals surface area contributed by atoms with Crippen molar-refractivity contribution in [3.63, 3.8) is 0 Å². The Labute approximate surface area is 84.5 Å². The molecule has 0 radical (unpaired) electrons. The normalized spacial score (nSPS) is 12.6. The van der Waals surface area contributed by atoms with Crippen LogP contribution in [0, 0.1) is 6.92 Å². The van der Waals surface area contributed by atoms with Crippen LogP contribution >= 0.6 is 0 Å². The van der Waals surface area contributed by atoms with Gasteiger partial charge >= 0.3 is 0 Å². The molecule has 0 amide bonds. The van der Waals surface area contributed by atoms with E-state index in [1.165, 1.54) is 0 Å². The fraction of sp³-hybridized carbons (Fsp3) is 0.455. The molecule has 0 heterocycles. The van der Waals surface area contributed by atoms with E-state index in [0.29, 0.717) is 12.2 Å². The average molecular weight is 195 g/mol. The van der Waals surface area contributed by atoms with Crippen LogP contribution in [-0.4, -0.2) is 18.3 Å². The molecule has 3 nitrogen and oxygen atoms in total. The molecule has 78 valence electrons.